The van der Waals surface area contributed by atoms with E-state index in [-0.39, 0.29) is 0 Å². The molecule has 0 saturated carbocycles. The predicted octanol–water partition coefficient (Wildman–Crippen LogP) is 2.63. The summed E-state index contributed by atoms with van der Waals surface area (Å²) in [5.74, 6) is 0. The van der Waals surface area contributed by atoms with E-state index in [2.05, 4.69) is 25.7 Å². The average Bonchev–Trinajstić information content (AvgIpc) is 2.22. The Bertz CT molecular complexity index is 181. The summed E-state index contributed by atoms with van der Waals surface area (Å²) in [6, 6.07) is 0.765. The molecule has 1 saturated heterocycles. The number of likely N-dealkylation sites (tertiary alicyclic amines) is 1. The molecule has 0 aromatic rings. The molecule has 90 valence electrons. The summed E-state index contributed by atoms with van der Waals surface area (Å²) in [6.07, 6.45) is 6.65. The zero-order valence-electron chi connectivity index (χ0n) is 10.8. The lowest BCUT2D eigenvalue weighted by Gasteiger charge is -2.40. The Morgan fingerprint density at radius 3 is 2.67 bits per heavy atom. The number of rotatable bonds is 5. The minimum atomic E-state index is 0.334. The minimum absolute atomic E-state index is 0.334. The monoisotopic (exact) mass is 212 g/mol. The smallest absolute Gasteiger partial charge is 0.00671 e. The van der Waals surface area contributed by atoms with Crippen LogP contribution in [-0.2, 0) is 0 Å². The highest BCUT2D eigenvalue weighted by Crippen LogP contribution is 2.27. The largest absolute Gasteiger partial charge is 0.330 e. The van der Waals surface area contributed by atoms with Crippen LogP contribution >= 0.6 is 0 Å². The van der Waals surface area contributed by atoms with Gasteiger partial charge in [-0.05, 0) is 44.7 Å². The summed E-state index contributed by atoms with van der Waals surface area (Å²) in [5, 5.41) is 0. The minimum Gasteiger partial charge on any atom is -0.330 e. The number of nitrogens with zero attached hydrogens (tertiary/aromatic N) is 1. The third-order valence-electron chi connectivity index (χ3n) is 3.87. The molecule has 2 nitrogen and oxygen atoms in total. The van der Waals surface area contributed by atoms with E-state index in [0.717, 1.165) is 12.6 Å². The van der Waals surface area contributed by atoms with E-state index in [1.54, 1.807) is 0 Å². The first kappa shape index (κ1) is 13.0. The van der Waals surface area contributed by atoms with E-state index in [1.807, 2.05) is 0 Å². The van der Waals surface area contributed by atoms with Gasteiger partial charge in [-0.1, -0.05) is 26.7 Å². The van der Waals surface area contributed by atoms with Crippen molar-refractivity contribution in [1.29, 1.82) is 0 Å². The third-order valence-corrected chi connectivity index (χ3v) is 3.87. The Balaban J connectivity index is 2.49. The van der Waals surface area contributed by atoms with Crippen LogP contribution in [0.15, 0.2) is 0 Å². The van der Waals surface area contributed by atoms with Gasteiger partial charge in [-0.15, -0.1) is 0 Å². The Morgan fingerprint density at radius 1 is 1.40 bits per heavy atom. The van der Waals surface area contributed by atoms with Gasteiger partial charge in [0, 0.05) is 12.6 Å². The quantitative estimate of drug-likeness (QED) is 0.759. The third kappa shape index (κ3) is 3.76. The topological polar surface area (TPSA) is 29.3 Å². The van der Waals surface area contributed by atoms with E-state index in [9.17, 15) is 0 Å². The van der Waals surface area contributed by atoms with Crippen molar-refractivity contribution in [2.45, 2.75) is 58.9 Å². The van der Waals surface area contributed by atoms with Gasteiger partial charge in [0.2, 0.25) is 0 Å². The lowest BCUT2D eigenvalue weighted by molar-refractivity contribution is 0.0949. The van der Waals surface area contributed by atoms with E-state index in [0.29, 0.717) is 5.41 Å². The second-order valence-corrected chi connectivity index (χ2v) is 5.58. The molecule has 0 spiro atoms. The van der Waals surface area contributed by atoms with Gasteiger partial charge in [-0.3, -0.25) is 0 Å². The highest BCUT2D eigenvalue weighted by molar-refractivity contribution is 4.83. The van der Waals surface area contributed by atoms with Crippen LogP contribution in [0.1, 0.15) is 52.9 Å². The number of nitrogens with two attached hydrogens (primary N) is 1. The van der Waals surface area contributed by atoms with Crippen molar-refractivity contribution >= 4 is 0 Å². The summed E-state index contributed by atoms with van der Waals surface area (Å²) in [7, 11) is 0. The summed E-state index contributed by atoms with van der Waals surface area (Å²) < 4.78 is 0. The molecule has 1 heterocycles. The van der Waals surface area contributed by atoms with Crippen LogP contribution in [-0.4, -0.2) is 30.6 Å². The van der Waals surface area contributed by atoms with Crippen LogP contribution in [0.5, 0.6) is 0 Å². The van der Waals surface area contributed by atoms with E-state index in [1.165, 1.54) is 45.2 Å². The first-order chi connectivity index (χ1) is 7.11. The average molecular weight is 212 g/mol. The first-order valence-corrected chi connectivity index (χ1v) is 6.55. The van der Waals surface area contributed by atoms with Crippen molar-refractivity contribution in [3.63, 3.8) is 0 Å². The lowest BCUT2D eigenvalue weighted by Crippen LogP contribution is -2.46. The van der Waals surface area contributed by atoms with Crippen LogP contribution in [0, 0.1) is 5.41 Å². The highest BCUT2D eigenvalue weighted by Gasteiger charge is 2.28. The number of piperidine rings is 1. The van der Waals surface area contributed by atoms with E-state index < -0.39 is 0 Å². The van der Waals surface area contributed by atoms with Gasteiger partial charge in [-0.25, -0.2) is 0 Å². The molecule has 0 amide bonds. The molecule has 1 fully saturated rings. The molecule has 2 heteroatoms. The van der Waals surface area contributed by atoms with Gasteiger partial charge in [-0.2, -0.15) is 0 Å². The van der Waals surface area contributed by atoms with Crippen LogP contribution in [0.3, 0.4) is 0 Å². The summed E-state index contributed by atoms with van der Waals surface area (Å²) in [6.45, 7) is 10.3. The zero-order chi connectivity index (χ0) is 11.3. The normalized spacial score (nSPS) is 27.6. The predicted molar refractivity (Wildman–Crippen MR) is 67.0 cm³/mol. The Morgan fingerprint density at radius 2 is 2.13 bits per heavy atom. The van der Waals surface area contributed by atoms with Crippen LogP contribution in [0.4, 0.5) is 0 Å². The summed E-state index contributed by atoms with van der Waals surface area (Å²) in [4.78, 5) is 2.64. The maximum Gasteiger partial charge on any atom is 0.00671 e. The van der Waals surface area contributed by atoms with Gasteiger partial charge >= 0.3 is 0 Å². The van der Waals surface area contributed by atoms with Crippen molar-refractivity contribution in [1.82, 2.24) is 4.90 Å². The lowest BCUT2D eigenvalue weighted by atomic mass is 9.84. The van der Waals surface area contributed by atoms with Crippen LogP contribution in [0.2, 0.25) is 0 Å². The molecule has 1 rings (SSSR count). The molecular weight excluding hydrogens is 184 g/mol. The molecule has 0 aliphatic carbocycles. The SMILES string of the molecule is CCCC(C)(CN)CN1CCCCC1C. The molecule has 2 N–H and O–H groups in total. The Kier molecular flexibility index (Phi) is 5.07. The van der Waals surface area contributed by atoms with E-state index >= 15 is 0 Å². The van der Waals surface area contributed by atoms with Gasteiger partial charge in [0.25, 0.3) is 0 Å². The standard InChI is InChI=1S/C13H28N2/c1-4-8-13(3,10-14)11-15-9-6-5-7-12(15)2/h12H,4-11,14H2,1-3H3. The molecule has 0 bridgehead atoms. The second-order valence-electron chi connectivity index (χ2n) is 5.58. The molecule has 0 radical (unpaired) electrons. The molecule has 2 unspecified atom stereocenters. The molecule has 1 aliphatic rings. The second kappa shape index (κ2) is 5.86. The molecular formula is C13H28N2. The van der Waals surface area contributed by atoms with Gasteiger partial charge in [0.15, 0.2) is 0 Å². The fourth-order valence-corrected chi connectivity index (χ4v) is 2.73. The van der Waals surface area contributed by atoms with E-state index in [4.69, 9.17) is 5.73 Å². The van der Waals surface area contributed by atoms with Crippen molar-refractivity contribution in [2.24, 2.45) is 11.1 Å². The van der Waals surface area contributed by atoms with Crippen LogP contribution in [0.25, 0.3) is 0 Å². The Hall–Kier alpha value is -0.0800. The van der Waals surface area contributed by atoms with Crippen molar-refractivity contribution in [3.8, 4) is 0 Å². The molecule has 1 aliphatic heterocycles. The molecule has 2 atom stereocenters. The maximum absolute atomic E-state index is 5.93. The molecule has 15 heavy (non-hydrogen) atoms. The fourth-order valence-electron chi connectivity index (χ4n) is 2.73. The summed E-state index contributed by atoms with van der Waals surface area (Å²) in [5.41, 5.74) is 6.26. The summed E-state index contributed by atoms with van der Waals surface area (Å²) >= 11 is 0. The highest BCUT2D eigenvalue weighted by atomic mass is 15.2. The molecule has 0 aromatic carbocycles. The van der Waals surface area contributed by atoms with Gasteiger partial charge < -0.3 is 10.6 Å². The zero-order valence-corrected chi connectivity index (χ0v) is 10.8. The molecule has 0 aromatic heterocycles. The van der Waals surface area contributed by atoms with Gasteiger partial charge in [0.1, 0.15) is 0 Å². The fraction of sp³-hybridized carbons (Fsp3) is 1.00. The van der Waals surface area contributed by atoms with Crippen molar-refractivity contribution in [2.75, 3.05) is 19.6 Å². The van der Waals surface area contributed by atoms with Crippen molar-refractivity contribution < 1.29 is 0 Å². The number of hydrogen-bond acceptors (Lipinski definition) is 2. The maximum atomic E-state index is 5.93. The first-order valence-electron chi connectivity index (χ1n) is 6.55. The Labute approximate surface area is 95.2 Å². The van der Waals surface area contributed by atoms with Crippen molar-refractivity contribution in [3.05, 3.63) is 0 Å². The number of hydrogen-bond donors (Lipinski definition) is 1. The van der Waals surface area contributed by atoms with Gasteiger partial charge in [0.05, 0.1) is 0 Å². The van der Waals surface area contributed by atoms with Crippen LogP contribution < -0.4 is 5.73 Å².